The number of rotatable bonds is 4. The molecule has 0 bridgehead atoms. The number of carbonyl (C=O) groups excluding carboxylic acids is 2. The molecule has 0 aromatic heterocycles. The SMILES string of the molecule is O=C(NCc1cccc(N2CCCC2=O)c1)C1CCCNC1. The third-order valence-corrected chi connectivity index (χ3v) is 4.43. The molecule has 2 amide bonds. The second-order valence-electron chi connectivity index (χ2n) is 6.08. The molecule has 22 heavy (non-hydrogen) atoms. The van der Waals surface area contributed by atoms with Gasteiger partial charge in [0.05, 0.1) is 5.92 Å². The Morgan fingerprint density at radius 1 is 1.36 bits per heavy atom. The number of amides is 2. The van der Waals surface area contributed by atoms with Crippen LogP contribution in [0.5, 0.6) is 0 Å². The molecule has 118 valence electrons. The van der Waals surface area contributed by atoms with Crippen LogP contribution in [0.1, 0.15) is 31.2 Å². The molecule has 5 nitrogen and oxygen atoms in total. The summed E-state index contributed by atoms with van der Waals surface area (Å²) < 4.78 is 0. The van der Waals surface area contributed by atoms with Crippen molar-refractivity contribution in [2.75, 3.05) is 24.5 Å². The maximum atomic E-state index is 12.1. The number of piperidine rings is 1. The van der Waals surface area contributed by atoms with Crippen molar-refractivity contribution < 1.29 is 9.59 Å². The van der Waals surface area contributed by atoms with E-state index in [0.717, 1.165) is 50.1 Å². The van der Waals surface area contributed by atoms with E-state index in [1.807, 2.05) is 29.2 Å². The molecule has 0 spiro atoms. The quantitative estimate of drug-likeness (QED) is 0.884. The maximum absolute atomic E-state index is 12.1. The van der Waals surface area contributed by atoms with Gasteiger partial charge in [-0.1, -0.05) is 12.1 Å². The predicted octanol–water partition coefficient (Wildman–Crippen LogP) is 1.43. The highest BCUT2D eigenvalue weighted by atomic mass is 16.2. The van der Waals surface area contributed by atoms with Crippen molar-refractivity contribution in [2.45, 2.75) is 32.2 Å². The minimum Gasteiger partial charge on any atom is -0.352 e. The molecule has 0 radical (unpaired) electrons. The second-order valence-corrected chi connectivity index (χ2v) is 6.08. The van der Waals surface area contributed by atoms with Crippen LogP contribution in [-0.4, -0.2) is 31.4 Å². The Kier molecular flexibility index (Phi) is 4.73. The van der Waals surface area contributed by atoms with Gasteiger partial charge in [0.25, 0.3) is 0 Å². The third-order valence-electron chi connectivity index (χ3n) is 4.43. The molecule has 0 saturated carbocycles. The van der Waals surface area contributed by atoms with Crippen LogP contribution in [0.25, 0.3) is 0 Å². The van der Waals surface area contributed by atoms with Crippen molar-refractivity contribution in [3.05, 3.63) is 29.8 Å². The van der Waals surface area contributed by atoms with Crippen LogP contribution in [0.3, 0.4) is 0 Å². The Hall–Kier alpha value is -1.88. The third kappa shape index (κ3) is 3.47. The largest absolute Gasteiger partial charge is 0.352 e. The van der Waals surface area contributed by atoms with Crippen LogP contribution in [-0.2, 0) is 16.1 Å². The number of benzene rings is 1. The highest BCUT2D eigenvalue weighted by molar-refractivity contribution is 5.95. The summed E-state index contributed by atoms with van der Waals surface area (Å²) in [5, 5.41) is 6.28. The van der Waals surface area contributed by atoms with Gasteiger partial charge >= 0.3 is 0 Å². The van der Waals surface area contributed by atoms with Gasteiger partial charge in [0.15, 0.2) is 0 Å². The summed E-state index contributed by atoms with van der Waals surface area (Å²) in [6.07, 6.45) is 3.58. The molecule has 0 aliphatic carbocycles. The molecule has 2 N–H and O–H groups in total. The summed E-state index contributed by atoms with van der Waals surface area (Å²) >= 11 is 0. The predicted molar refractivity (Wildman–Crippen MR) is 85.5 cm³/mol. The number of nitrogens with one attached hydrogen (secondary N) is 2. The summed E-state index contributed by atoms with van der Waals surface area (Å²) in [7, 11) is 0. The minimum absolute atomic E-state index is 0.0806. The van der Waals surface area contributed by atoms with Crippen molar-refractivity contribution in [2.24, 2.45) is 5.92 Å². The maximum Gasteiger partial charge on any atom is 0.227 e. The van der Waals surface area contributed by atoms with Gasteiger partial charge in [0, 0.05) is 31.7 Å². The van der Waals surface area contributed by atoms with E-state index in [0.29, 0.717) is 13.0 Å². The average molecular weight is 301 g/mol. The smallest absolute Gasteiger partial charge is 0.227 e. The van der Waals surface area contributed by atoms with Crippen molar-refractivity contribution in [1.29, 1.82) is 0 Å². The van der Waals surface area contributed by atoms with E-state index in [4.69, 9.17) is 0 Å². The Morgan fingerprint density at radius 3 is 3.00 bits per heavy atom. The first-order valence-corrected chi connectivity index (χ1v) is 8.12. The van der Waals surface area contributed by atoms with E-state index >= 15 is 0 Å². The molecule has 2 saturated heterocycles. The number of hydrogen-bond acceptors (Lipinski definition) is 3. The Balaban J connectivity index is 1.58. The molecule has 1 aromatic rings. The zero-order valence-corrected chi connectivity index (χ0v) is 12.8. The van der Waals surface area contributed by atoms with Crippen molar-refractivity contribution in [3.8, 4) is 0 Å². The fourth-order valence-corrected chi connectivity index (χ4v) is 3.16. The van der Waals surface area contributed by atoms with Crippen LogP contribution >= 0.6 is 0 Å². The highest BCUT2D eigenvalue weighted by Gasteiger charge is 2.22. The van der Waals surface area contributed by atoms with E-state index in [2.05, 4.69) is 10.6 Å². The van der Waals surface area contributed by atoms with Gasteiger partial charge in [-0.3, -0.25) is 9.59 Å². The van der Waals surface area contributed by atoms with Gasteiger partial charge in [0.2, 0.25) is 11.8 Å². The van der Waals surface area contributed by atoms with Crippen LogP contribution in [0.4, 0.5) is 5.69 Å². The van der Waals surface area contributed by atoms with Gasteiger partial charge in [0.1, 0.15) is 0 Å². The Bertz CT molecular complexity index is 553. The second kappa shape index (κ2) is 6.92. The fraction of sp³-hybridized carbons (Fsp3) is 0.529. The molecule has 2 aliphatic rings. The summed E-state index contributed by atoms with van der Waals surface area (Å²) in [4.78, 5) is 25.8. The lowest BCUT2D eigenvalue weighted by molar-refractivity contribution is -0.125. The van der Waals surface area contributed by atoms with Gasteiger partial charge in [-0.2, -0.15) is 0 Å². The lowest BCUT2D eigenvalue weighted by Gasteiger charge is -2.22. The first-order chi connectivity index (χ1) is 10.7. The molecular formula is C17H23N3O2. The van der Waals surface area contributed by atoms with E-state index in [9.17, 15) is 9.59 Å². The summed E-state index contributed by atoms with van der Waals surface area (Å²) in [6, 6.07) is 7.90. The van der Waals surface area contributed by atoms with Crippen molar-refractivity contribution in [3.63, 3.8) is 0 Å². The van der Waals surface area contributed by atoms with E-state index in [-0.39, 0.29) is 17.7 Å². The lowest BCUT2D eigenvalue weighted by atomic mass is 9.99. The van der Waals surface area contributed by atoms with Gasteiger partial charge < -0.3 is 15.5 Å². The van der Waals surface area contributed by atoms with Crippen molar-refractivity contribution >= 4 is 17.5 Å². The summed E-state index contributed by atoms with van der Waals surface area (Å²) in [5.41, 5.74) is 1.97. The molecule has 2 aliphatic heterocycles. The van der Waals surface area contributed by atoms with Crippen LogP contribution < -0.4 is 15.5 Å². The number of nitrogens with zero attached hydrogens (tertiary/aromatic N) is 1. The monoisotopic (exact) mass is 301 g/mol. The molecule has 1 unspecified atom stereocenters. The first-order valence-electron chi connectivity index (χ1n) is 8.12. The Labute approximate surface area is 131 Å². The number of carbonyl (C=O) groups is 2. The first kappa shape index (κ1) is 15.0. The van der Waals surface area contributed by atoms with Crippen LogP contribution in [0, 0.1) is 5.92 Å². The molecule has 1 aromatic carbocycles. The topological polar surface area (TPSA) is 61.4 Å². The normalized spacial score (nSPS) is 21.9. The Morgan fingerprint density at radius 2 is 2.27 bits per heavy atom. The molecular weight excluding hydrogens is 278 g/mol. The van der Waals surface area contributed by atoms with Gasteiger partial charge in [-0.05, 0) is 43.5 Å². The zero-order valence-electron chi connectivity index (χ0n) is 12.8. The lowest BCUT2D eigenvalue weighted by Crippen LogP contribution is -2.40. The van der Waals surface area contributed by atoms with Crippen LogP contribution in [0.2, 0.25) is 0 Å². The molecule has 3 rings (SSSR count). The molecule has 5 heteroatoms. The highest BCUT2D eigenvalue weighted by Crippen LogP contribution is 2.22. The minimum atomic E-state index is 0.0806. The van der Waals surface area contributed by atoms with E-state index in [1.165, 1.54) is 0 Å². The zero-order chi connectivity index (χ0) is 15.4. The standard InChI is InChI=1S/C17H23N3O2/c21-16-7-3-9-20(16)15-6-1-4-13(10-15)11-19-17(22)14-5-2-8-18-12-14/h1,4,6,10,14,18H,2-3,5,7-9,11-12H2,(H,19,22). The van der Waals surface area contributed by atoms with E-state index in [1.54, 1.807) is 0 Å². The number of anilines is 1. The fourth-order valence-electron chi connectivity index (χ4n) is 3.16. The molecule has 2 heterocycles. The van der Waals surface area contributed by atoms with Gasteiger partial charge in [-0.25, -0.2) is 0 Å². The van der Waals surface area contributed by atoms with E-state index < -0.39 is 0 Å². The molecule has 1 atom stereocenters. The summed E-state index contributed by atoms with van der Waals surface area (Å²) in [5.74, 6) is 0.390. The number of hydrogen-bond donors (Lipinski definition) is 2. The van der Waals surface area contributed by atoms with Crippen LogP contribution in [0.15, 0.2) is 24.3 Å². The molecule has 2 fully saturated rings. The van der Waals surface area contributed by atoms with Gasteiger partial charge in [-0.15, -0.1) is 0 Å². The van der Waals surface area contributed by atoms with Crippen molar-refractivity contribution in [1.82, 2.24) is 10.6 Å². The summed E-state index contributed by atoms with van der Waals surface area (Å²) in [6.45, 7) is 3.09. The average Bonchev–Trinajstić information content (AvgIpc) is 3.00.